The summed E-state index contributed by atoms with van der Waals surface area (Å²) in [6.45, 7) is 0.695. The summed E-state index contributed by atoms with van der Waals surface area (Å²) in [5.74, 6) is 0.824. The Kier molecular flexibility index (Phi) is 2.65. The summed E-state index contributed by atoms with van der Waals surface area (Å²) in [6.07, 6.45) is 5.60. The molecule has 0 bridgehead atoms. The quantitative estimate of drug-likeness (QED) is 0.724. The summed E-state index contributed by atoms with van der Waals surface area (Å²) in [5.41, 5.74) is 1.19. The Morgan fingerprint density at radius 3 is 2.76 bits per heavy atom. The lowest BCUT2D eigenvalue weighted by Crippen LogP contribution is -2.02. The molecule has 0 saturated heterocycles. The first-order valence-corrected chi connectivity index (χ1v) is 6.12. The van der Waals surface area contributed by atoms with Crippen LogP contribution in [0.4, 0.5) is 0 Å². The van der Waals surface area contributed by atoms with Crippen LogP contribution in [0.3, 0.4) is 0 Å². The molecule has 0 spiro atoms. The molecule has 0 radical (unpaired) electrons. The number of halogens is 1. The lowest BCUT2D eigenvalue weighted by atomic mass is 10.2. The van der Waals surface area contributed by atoms with Gasteiger partial charge >= 0.3 is 0 Å². The number of nitrogens with zero attached hydrogens (tertiary/aromatic N) is 3. The minimum absolute atomic E-state index is 0.695. The van der Waals surface area contributed by atoms with Gasteiger partial charge in [-0.05, 0) is 29.7 Å². The molecule has 0 fully saturated rings. The largest absolute Gasteiger partial charge is 0.340 e. The number of hydrogen-bond donors (Lipinski definition) is 0. The molecular weight excluding hydrogens is 278 g/mol. The minimum Gasteiger partial charge on any atom is -0.340 e. The summed E-state index contributed by atoms with van der Waals surface area (Å²) in [6, 6.07) is 10.2. The van der Waals surface area contributed by atoms with E-state index in [-0.39, 0.29) is 0 Å². The number of hydrogen-bond acceptors (Lipinski definition) is 2. The molecule has 0 amide bonds. The Morgan fingerprint density at radius 1 is 1.12 bits per heavy atom. The van der Waals surface area contributed by atoms with E-state index in [1.165, 1.54) is 10.9 Å². The zero-order chi connectivity index (χ0) is 11.7. The van der Waals surface area contributed by atoms with Crippen molar-refractivity contribution in [2.45, 2.75) is 6.54 Å². The van der Waals surface area contributed by atoms with Crippen LogP contribution in [0.2, 0.25) is 0 Å². The highest BCUT2D eigenvalue weighted by Gasteiger charge is 2.03. The molecule has 3 aromatic rings. The summed E-state index contributed by atoms with van der Waals surface area (Å²) in [4.78, 5) is 8.48. The van der Waals surface area contributed by atoms with Crippen molar-refractivity contribution in [1.82, 2.24) is 14.5 Å². The van der Waals surface area contributed by atoms with Gasteiger partial charge in [0.2, 0.25) is 0 Å². The van der Waals surface area contributed by atoms with Crippen molar-refractivity contribution in [3.63, 3.8) is 0 Å². The molecule has 84 valence electrons. The highest BCUT2D eigenvalue weighted by atomic mass is 79.9. The van der Waals surface area contributed by atoms with Gasteiger partial charge in [-0.15, -0.1) is 0 Å². The van der Waals surface area contributed by atoms with Gasteiger partial charge in [0.25, 0.3) is 0 Å². The van der Waals surface area contributed by atoms with E-state index in [0.717, 1.165) is 10.3 Å². The van der Waals surface area contributed by atoms with E-state index in [4.69, 9.17) is 0 Å². The fourth-order valence-corrected chi connectivity index (χ4v) is 2.21. The van der Waals surface area contributed by atoms with Gasteiger partial charge in [-0.1, -0.05) is 22.0 Å². The Hall–Kier alpha value is -1.68. The van der Waals surface area contributed by atoms with Crippen molar-refractivity contribution in [2.75, 3.05) is 0 Å². The Morgan fingerprint density at radius 2 is 1.94 bits per heavy atom. The number of fused-ring (bicyclic) bond motifs is 1. The summed E-state index contributed by atoms with van der Waals surface area (Å²) in [7, 11) is 0. The van der Waals surface area contributed by atoms with E-state index in [0.29, 0.717) is 6.54 Å². The van der Waals surface area contributed by atoms with Crippen molar-refractivity contribution in [1.29, 1.82) is 0 Å². The molecule has 0 saturated carbocycles. The zero-order valence-corrected chi connectivity index (χ0v) is 10.6. The van der Waals surface area contributed by atoms with E-state index in [1.807, 2.05) is 12.1 Å². The molecule has 2 heterocycles. The van der Waals surface area contributed by atoms with Gasteiger partial charge < -0.3 is 4.57 Å². The molecule has 0 unspecified atom stereocenters. The fourth-order valence-electron chi connectivity index (χ4n) is 1.86. The van der Waals surface area contributed by atoms with Gasteiger partial charge in [0.15, 0.2) is 0 Å². The molecule has 17 heavy (non-hydrogen) atoms. The van der Waals surface area contributed by atoms with Crippen molar-refractivity contribution in [3.8, 4) is 0 Å². The molecule has 3 nitrogen and oxygen atoms in total. The lowest BCUT2D eigenvalue weighted by molar-refractivity contribution is 0.771. The summed E-state index contributed by atoms with van der Waals surface area (Å²) >= 11 is 3.49. The summed E-state index contributed by atoms with van der Waals surface area (Å²) < 4.78 is 3.23. The van der Waals surface area contributed by atoms with E-state index in [2.05, 4.69) is 54.9 Å². The van der Waals surface area contributed by atoms with Crippen LogP contribution in [0.5, 0.6) is 0 Å². The van der Waals surface area contributed by atoms with Crippen molar-refractivity contribution in [2.24, 2.45) is 0 Å². The predicted molar refractivity (Wildman–Crippen MR) is 70.8 cm³/mol. The number of aromatic nitrogens is 3. The van der Waals surface area contributed by atoms with Crippen LogP contribution in [0, 0.1) is 0 Å². The predicted octanol–water partition coefficient (Wildman–Crippen LogP) is 3.24. The van der Waals surface area contributed by atoms with Crippen molar-refractivity contribution in [3.05, 3.63) is 59.2 Å². The maximum absolute atomic E-state index is 4.24. The van der Waals surface area contributed by atoms with Gasteiger partial charge in [-0.2, -0.15) is 0 Å². The van der Waals surface area contributed by atoms with E-state index >= 15 is 0 Å². The van der Waals surface area contributed by atoms with Crippen LogP contribution in [0.25, 0.3) is 10.9 Å². The Labute approximate surface area is 107 Å². The topological polar surface area (TPSA) is 30.7 Å². The van der Waals surface area contributed by atoms with Gasteiger partial charge in [-0.3, -0.25) is 0 Å². The summed E-state index contributed by atoms with van der Waals surface area (Å²) in [5, 5.41) is 1.23. The first-order valence-electron chi connectivity index (χ1n) is 5.33. The fraction of sp³-hybridized carbons (Fsp3) is 0.0769. The van der Waals surface area contributed by atoms with Gasteiger partial charge in [0, 0.05) is 28.6 Å². The first kappa shape index (κ1) is 10.5. The van der Waals surface area contributed by atoms with E-state index in [1.54, 1.807) is 12.4 Å². The van der Waals surface area contributed by atoms with Crippen molar-refractivity contribution < 1.29 is 0 Å². The maximum atomic E-state index is 4.24. The highest BCUT2D eigenvalue weighted by Crippen LogP contribution is 2.21. The van der Waals surface area contributed by atoms with Crippen LogP contribution < -0.4 is 0 Å². The standard InChI is InChI=1S/C13H10BrN3/c14-11-3-2-10-4-7-17(12(10)8-11)9-13-15-5-1-6-16-13/h1-8H,9H2. The normalized spacial score (nSPS) is 10.9. The Balaban J connectivity index is 2.03. The van der Waals surface area contributed by atoms with Crippen LogP contribution in [-0.2, 0) is 6.54 Å². The smallest absolute Gasteiger partial charge is 0.147 e. The second kappa shape index (κ2) is 4.30. The minimum atomic E-state index is 0.695. The third-order valence-electron chi connectivity index (χ3n) is 2.67. The molecule has 0 atom stereocenters. The second-order valence-electron chi connectivity index (χ2n) is 3.81. The highest BCUT2D eigenvalue weighted by molar-refractivity contribution is 9.10. The van der Waals surface area contributed by atoms with Gasteiger partial charge in [0.05, 0.1) is 6.54 Å². The zero-order valence-electron chi connectivity index (χ0n) is 9.05. The van der Waals surface area contributed by atoms with Gasteiger partial charge in [-0.25, -0.2) is 9.97 Å². The molecule has 4 heteroatoms. The van der Waals surface area contributed by atoms with Crippen LogP contribution in [-0.4, -0.2) is 14.5 Å². The molecule has 1 aromatic carbocycles. The van der Waals surface area contributed by atoms with E-state index in [9.17, 15) is 0 Å². The van der Waals surface area contributed by atoms with Crippen molar-refractivity contribution >= 4 is 26.8 Å². The SMILES string of the molecule is Brc1ccc2ccn(Cc3ncccn3)c2c1. The average Bonchev–Trinajstić information content (AvgIpc) is 2.73. The number of rotatable bonds is 2. The monoisotopic (exact) mass is 287 g/mol. The molecule has 2 aromatic heterocycles. The van der Waals surface area contributed by atoms with E-state index < -0.39 is 0 Å². The molecule has 0 N–H and O–H groups in total. The lowest BCUT2D eigenvalue weighted by Gasteiger charge is -2.04. The molecule has 0 aliphatic rings. The molecule has 0 aliphatic carbocycles. The second-order valence-corrected chi connectivity index (χ2v) is 4.73. The van der Waals surface area contributed by atoms with Crippen LogP contribution in [0.15, 0.2) is 53.4 Å². The number of benzene rings is 1. The third-order valence-corrected chi connectivity index (χ3v) is 3.16. The molecule has 3 rings (SSSR count). The molecule has 0 aliphatic heterocycles. The first-order chi connectivity index (χ1) is 8.33. The average molecular weight is 288 g/mol. The van der Waals surface area contributed by atoms with Crippen LogP contribution in [0.1, 0.15) is 5.82 Å². The van der Waals surface area contributed by atoms with Crippen LogP contribution >= 0.6 is 15.9 Å². The Bertz CT molecular complexity index is 646. The third kappa shape index (κ3) is 2.08. The maximum Gasteiger partial charge on any atom is 0.147 e. The van der Waals surface area contributed by atoms with Gasteiger partial charge in [0.1, 0.15) is 5.82 Å². The molecular formula is C13H10BrN3.